The first-order valence-electron chi connectivity index (χ1n) is 7.22. The van der Waals surface area contributed by atoms with Gasteiger partial charge in [0.15, 0.2) is 5.69 Å². The van der Waals surface area contributed by atoms with Crippen LogP contribution in [0.25, 0.3) is 16.5 Å². The second kappa shape index (κ2) is 6.29. The van der Waals surface area contributed by atoms with E-state index >= 15 is 0 Å². The maximum absolute atomic E-state index is 12.3. The number of thiophene rings is 1. The van der Waals surface area contributed by atoms with Gasteiger partial charge in [-0.15, -0.1) is 11.3 Å². The molecule has 3 aromatic rings. The molecule has 0 radical (unpaired) electrons. The predicted octanol–water partition coefficient (Wildman–Crippen LogP) is 3.18. The molecular weight excluding hydrogens is 312 g/mol. The molecule has 0 saturated carbocycles. The third kappa shape index (κ3) is 3.14. The van der Waals surface area contributed by atoms with Crippen LogP contribution < -0.4 is 0 Å². The zero-order valence-corrected chi connectivity index (χ0v) is 13.9. The van der Waals surface area contributed by atoms with Crippen molar-refractivity contribution < 1.29 is 9.53 Å². The third-order valence-corrected chi connectivity index (χ3v) is 4.02. The summed E-state index contributed by atoms with van der Waals surface area (Å²) in [6.07, 6.45) is 0. The first-order chi connectivity index (χ1) is 11.1. The molecule has 6 nitrogen and oxygen atoms in total. The number of aromatic nitrogens is 4. The Morgan fingerprint density at radius 3 is 2.61 bits per heavy atom. The van der Waals surface area contributed by atoms with E-state index in [9.17, 15) is 4.79 Å². The Morgan fingerprint density at radius 2 is 2.00 bits per heavy atom. The summed E-state index contributed by atoms with van der Waals surface area (Å²) in [5.74, 6) is -0.0704. The van der Waals surface area contributed by atoms with E-state index in [2.05, 4.69) is 15.1 Å². The molecule has 0 saturated heterocycles. The topological polar surface area (TPSA) is 69.9 Å². The van der Waals surface area contributed by atoms with Crippen molar-refractivity contribution in [1.82, 2.24) is 19.7 Å². The molecule has 0 atom stereocenters. The average Bonchev–Trinajstić information content (AvgIpc) is 3.16. The molecule has 23 heavy (non-hydrogen) atoms. The molecule has 0 aliphatic heterocycles. The van der Waals surface area contributed by atoms with E-state index in [1.807, 2.05) is 37.4 Å². The Kier molecular flexibility index (Phi) is 4.20. The number of esters is 1. The molecule has 0 fully saturated rings. The van der Waals surface area contributed by atoms with E-state index in [1.54, 1.807) is 24.3 Å². The van der Waals surface area contributed by atoms with Gasteiger partial charge in [-0.1, -0.05) is 6.07 Å². The summed E-state index contributed by atoms with van der Waals surface area (Å²) in [5, 5.41) is 6.47. The number of carbonyl (C=O) groups is 1. The Morgan fingerprint density at radius 1 is 1.26 bits per heavy atom. The Bertz CT molecular complexity index is 820. The molecule has 0 aliphatic carbocycles. The molecule has 7 heteroatoms. The minimum atomic E-state index is -0.439. The normalized spacial score (nSPS) is 10.7. The van der Waals surface area contributed by atoms with Gasteiger partial charge in [0, 0.05) is 17.5 Å². The van der Waals surface area contributed by atoms with Crippen molar-refractivity contribution in [2.24, 2.45) is 0 Å². The molecule has 3 aromatic heterocycles. The fourth-order valence-electron chi connectivity index (χ4n) is 2.23. The quantitative estimate of drug-likeness (QED) is 0.688. The largest absolute Gasteiger partial charge is 0.461 e. The van der Waals surface area contributed by atoms with Crippen molar-refractivity contribution in [2.75, 3.05) is 6.61 Å². The van der Waals surface area contributed by atoms with Crippen LogP contribution in [0, 0.1) is 13.8 Å². The molecule has 3 rings (SSSR count). The van der Waals surface area contributed by atoms with E-state index in [0.717, 1.165) is 16.3 Å². The van der Waals surface area contributed by atoms with Crippen LogP contribution >= 0.6 is 11.3 Å². The monoisotopic (exact) mass is 328 g/mol. The lowest BCUT2D eigenvalue weighted by molar-refractivity contribution is 0.0515. The van der Waals surface area contributed by atoms with E-state index in [1.165, 1.54) is 4.68 Å². The number of hydrogen-bond acceptors (Lipinski definition) is 6. The average molecular weight is 328 g/mol. The highest BCUT2D eigenvalue weighted by atomic mass is 32.1. The molecule has 0 spiro atoms. The number of nitrogens with zero attached hydrogens (tertiary/aromatic N) is 4. The Balaban J connectivity index is 2.15. The van der Waals surface area contributed by atoms with Gasteiger partial charge in [0.25, 0.3) is 5.95 Å². The Hall–Kier alpha value is -2.54. The molecule has 3 heterocycles. The number of rotatable bonds is 4. The molecule has 0 unspecified atom stereocenters. The number of ether oxygens (including phenoxy) is 1. The van der Waals surface area contributed by atoms with E-state index in [4.69, 9.17) is 4.74 Å². The van der Waals surface area contributed by atoms with Gasteiger partial charge >= 0.3 is 5.97 Å². The number of carbonyl (C=O) groups excluding carboxylic acids is 1. The maximum atomic E-state index is 12.3. The number of aryl methyl sites for hydroxylation is 2. The zero-order chi connectivity index (χ0) is 16.4. The van der Waals surface area contributed by atoms with E-state index in [0.29, 0.717) is 23.9 Å². The van der Waals surface area contributed by atoms with Crippen molar-refractivity contribution in [3.05, 3.63) is 46.7 Å². The van der Waals surface area contributed by atoms with Crippen LogP contribution in [0.15, 0.2) is 29.6 Å². The Labute approximate surface area is 137 Å². The van der Waals surface area contributed by atoms with Gasteiger partial charge in [0.1, 0.15) is 5.69 Å². The summed E-state index contributed by atoms with van der Waals surface area (Å²) in [5.41, 5.74) is 2.65. The summed E-state index contributed by atoms with van der Waals surface area (Å²) in [7, 11) is 0. The van der Waals surface area contributed by atoms with Gasteiger partial charge < -0.3 is 4.74 Å². The lowest BCUT2D eigenvalue weighted by atomic mass is 10.3. The van der Waals surface area contributed by atoms with Crippen molar-refractivity contribution in [1.29, 1.82) is 0 Å². The predicted molar refractivity (Wildman–Crippen MR) is 87.9 cm³/mol. The lowest BCUT2D eigenvalue weighted by Crippen LogP contribution is -2.14. The van der Waals surface area contributed by atoms with Crippen molar-refractivity contribution in [2.45, 2.75) is 20.8 Å². The highest BCUT2D eigenvalue weighted by Crippen LogP contribution is 2.25. The van der Waals surface area contributed by atoms with Crippen LogP contribution in [0.5, 0.6) is 0 Å². The van der Waals surface area contributed by atoms with Crippen LogP contribution in [-0.4, -0.2) is 32.3 Å². The zero-order valence-electron chi connectivity index (χ0n) is 13.1. The molecule has 0 N–H and O–H groups in total. The van der Waals surface area contributed by atoms with Crippen LogP contribution in [-0.2, 0) is 4.74 Å². The second-order valence-electron chi connectivity index (χ2n) is 4.98. The summed E-state index contributed by atoms with van der Waals surface area (Å²) >= 11 is 1.56. The van der Waals surface area contributed by atoms with E-state index in [-0.39, 0.29) is 0 Å². The molecule has 0 bridgehead atoms. The van der Waals surface area contributed by atoms with Crippen LogP contribution in [0.2, 0.25) is 0 Å². The third-order valence-electron chi connectivity index (χ3n) is 3.13. The van der Waals surface area contributed by atoms with E-state index < -0.39 is 5.97 Å². The standard InChI is InChI=1S/C16H16N4O2S/c1-4-22-15(21)13-9-12(14-6-5-7-23-14)19-20(13)16-17-10(2)8-11(3)18-16/h5-9H,4H2,1-3H3. The van der Waals surface area contributed by atoms with Crippen LogP contribution in [0.3, 0.4) is 0 Å². The minimum absolute atomic E-state index is 0.298. The van der Waals surface area contributed by atoms with Crippen molar-refractivity contribution in [3.8, 4) is 16.5 Å². The molecule has 0 aromatic carbocycles. The van der Waals surface area contributed by atoms with Gasteiger partial charge in [0.2, 0.25) is 0 Å². The van der Waals surface area contributed by atoms with Gasteiger partial charge in [-0.05, 0) is 38.3 Å². The van der Waals surface area contributed by atoms with Crippen molar-refractivity contribution in [3.63, 3.8) is 0 Å². The lowest BCUT2D eigenvalue weighted by Gasteiger charge is -2.06. The van der Waals surface area contributed by atoms with Crippen LogP contribution in [0.1, 0.15) is 28.8 Å². The fraction of sp³-hybridized carbons (Fsp3) is 0.250. The highest BCUT2D eigenvalue weighted by molar-refractivity contribution is 7.13. The fourth-order valence-corrected chi connectivity index (χ4v) is 2.91. The molecule has 0 amide bonds. The second-order valence-corrected chi connectivity index (χ2v) is 5.92. The van der Waals surface area contributed by atoms with Crippen molar-refractivity contribution >= 4 is 17.3 Å². The molecular formula is C16H16N4O2S. The smallest absolute Gasteiger partial charge is 0.357 e. The summed E-state index contributed by atoms with van der Waals surface area (Å²) in [4.78, 5) is 22.0. The number of hydrogen-bond donors (Lipinski definition) is 0. The SMILES string of the molecule is CCOC(=O)c1cc(-c2cccs2)nn1-c1nc(C)cc(C)n1. The van der Waals surface area contributed by atoms with Gasteiger partial charge in [-0.3, -0.25) is 0 Å². The minimum Gasteiger partial charge on any atom is -0.461 e. The highest BCUT2D eigenvalue weighted by Gasteiger charge is 2.20. The molecule has 118 valence electrons. The summed E-state index contributed by atoms with van der Waals surface area (Å²) < 4.78 is 6.58. The maximum Gasteiger partial charge on any atom is 0.357 e. The van der Waals surface area contributed by atoms with Gasteiger partial charge in [0.05, 0.1) is 11.5 Å². The summed E-state index contributed by atoms with van der Waals surface area (Å²) in [6, 6.07) is 7.48. The first kappa shape index (κ1) is 15.4. The summed E-state index contributed by atoms with van der Waals surface area (Å²) in [6.45, 7) is 5.83. The van der Waals surface area contributed by atoms with Gasteiger partial charge in [-0.25, -0.2) is 14.8 Å². The van der Waals surface area contributed by atoms with Crippen LogP contribution in [0.4, 0.5) is 0 Å². The molecule has 0 aliphatic rings. The first-order valence-corrected chi connectivity index (χ1v) is 8.10. The van der Waals surface area contributed by atoms with Gasteiger partial charge in [-0.2, -0.15) is 9.78 Å².